The van der Waals surface area contributed by atoms with Gasteiger partial charge in [-0.1, -0.05) is 25.8 Å². The van der Waals surface area contributed by atoms with Crippen LogP contribution < -0.4 is 4.65 Å². The zero-order valence-corrected chi connectivity index (χ0v) is 11.5. The first-order valence-electron chi connectivity index (χ1n) is 4.65. The lowest BCUT2D eigenvalue weighted by Gasteiger charge is -2.24. The highest BCUT2D eigenvalue weighted by atomic mass is 28.4. The van der Waals surface area contributed by atoms with Gasteiger partial charge in [0.25, 0.3) is 0 Å². The Morgan fingerprint density at radius 1 is 1.15 bits per heavy atom. The smallest absolute Gasteiger partial charge is 0.365 e. The van der Waals surface area contributed by atoms with Gasteiger partial charge in [-0.2, -0.15) is 0 Å². The van der Waals surface area contributed by atoms with Gasteiger partial charge in [-0.3, -0.25) is 4.65 Å². The minimum absolute atomic E-state index is 0.300. The number of unbranched alkanes of at least 4 members (excludes halogenated alkanes) is 1. The molecular formula is C7H21NO3Si2. The number of hydrogen-bond donors (Lipinski definition) is 1. The summed E-state index contributed by atoms with van der Waals surface area (Å²) in [4.78, 5) is 0. The number of rotatable bonds is 8. The molecule has 1 N–H and O–H groups in total. The normalized spacial score (nSPS) is 12.9. The van der Waals surface area contributed by atoms with Crippen molar-refractivity contribution in [3.05, 3.63) is 0 Å². The summed E-state index contributed by atoms with van der Waals surface area (Å²) in [6, 6.07) is 1.27. The highest BCUT2D eigenvalue weighted by Crippen LogP contribution is 2.01. The second kappa shape index (κ2) is 7.66. The van der Waals surface area contributed by atoms with Crippen LogP contribution in [0.5, 0.6) is 0 Å². The number of hydrogen-bond acceptors (Lipinski definition) is 4. The van der Waals surface area contributed by atoms with Crippen molar-refractivity contribution in [2.45, 2.75) is 25.8 Å². The van der Waals surface area contributed by atoms with Gasteiger partial charge in [-0.25, -0.2) is 0 Å². The first-order chi connectivity index (χ1) is 6.24. The van der Waals surface area contributed by atoms with E-state index in [1.54, 1.807) is 21.3 Å². The molecule has 13 heavy (non-hydrogen) atoms. The summed E-state index contributed by atoms with van der Waals surface area (Å²) in [6.07, 6.45) is 2.52. The Morgan fingerprint density at radius 3 is 2.08 bits per heavy atom. The minimum Gasteiger partial charge on any atom is -0.365 e. The topological polar surface area (TPSA) is 39.7 Å². The zero-order valence-electron chi connectivity index (χ0n) is 9.05. The Morgan fingerprint density at radius 2 is 1.69 bits per heavy atom. The molecule has 0 saturated carbocycles. The summed E-state index contributed by atoms with van der Waals surface area (Å²) < 4.78 is 19.0. The monoisotopic (exact) mass is 223 g/mol. The maximum Gasteiger partial charge on any atom is 0.588 e. The third-order valence-electron chi connectivity index (χ3n) is 1.93. The predicted octanol–water partition coefficient (Wildman–Crippen LogP) is 0.253. The van der Waals surface area contributed by atoms with E-state index in [0.29, 0.717) is 0 Å². The van der Waals surface area contributed by atoms with Gasteiger partial charge in [-0.15, -0.1) is 0 Å². The maximum absolute atomic E-state index is 5.23. The molecule has 0 heterocycles. The molecule has 0 bridgehead atoms. The Hall–Kier alpha value is 0.274. The first kappa shape index (κ1) is 13.3. The van der Waals surface area contributed by atoms with Crippen molar-refractivity contribution in [3.8, 4) is 0 Å². The zero-order chi connectivity index (χ0) is 10.2. The number of nitrogens with one attached hydrogen (secondary N) is 1. The second-order valence-electron chi connectivity index (χ2n) is 2.80. The molecule has 0 fully saturated rings. The van der Waals surface area contributed by atoms with Crippen LogP contribution in [-0.4, -0.2) is 40.0 Å². The van der Waals surface area contributed by atoms with Gasteiger partial charge in [0.05, 0.1) is 9.68 Å². The lowest BCUT2D eigenvalue weighted by molar-refractivity contribution is 0.119. The van der Waals surface area contributed by atoms with E-state index in [1.165, 1.54) is 18.9 Å². The summed E-state index contributed by atoms with van der Waals surface area (Å²) >= 11 is 0. The Labute approximate surface area is 84.3 Å². The van der Waals surface area contributed by atoms with Crippen LogP contribution in [0.4, 0.5) is 0 Å². The van der Waals surface area contributed by atoms with Gasteiger partial charge in [-0.05, 0) is 0 Å². The molecule has 0 radical (unpaired) electrons. The summed E-state index contributed by atoms with van der Waals surface area (Å²) in [6.45, 7) is 2.20. The highest BCUT2D eigenvalue weighted by Gasteiger charge is 2.37. The van der Waals surface area contributed by atoms with Crippen LogP contribution in [0.3, 0.4) is 0 Å². The van der Waals surface area contributed by atoms with E-state index in [9.17, 15) is 0 Å². The molecule has 0 aliphatic carbocycles. The highest BCUT2D eigenvalue weighted by molar-refractivity contribution is 6.66. The van der Waals surface area contributed by atoms with Crippen molar-refractivity contribution in [1.29, 1.82) is 0 Å². The molecule has 0 aromatic carbocycles. The molecule has 0 spiro atoms. The van der Waals surface area contributed by atoms with E-state index in [4.69, 9.17) is 13.3 Å². The summed E-state index contributed by atoms with van der Waals surface area (Å²) in [5, 5.41) is 0. The molecule has 6 heteroatoms. The van der Waals surface area contributed by atoms with E-state index in [0.717, 1.165) is 0 Å². The molecule has 0 amide bonds. The fourth-order valence-corrected chi connectivity index (χ4v) is 6.00. The predicted molar refractivity (Wildman–Crippen MR) is 58.2 cm³/mol. The van der Waals surface area contributed by atoms with Crippen LogP contribution in [0.1, 0.15) is 19.8 Å². The first-order valence-corrected chi connectivity index (χ1v) is 8.08. The van der Waals surface area contributed by atoms with Gasteiger partial charge >= 0.3 is 8.97 Å². The van der Waals surface area contributed by atoms with Crippen molar-refractivity contribution < 1.29 is 13.3 Å². The van der Waals surface area contributed by atoms with Crippen molar-refractivity contribution in [2.24, 2.45) is 0 Å². The molecule has 0 aliphatic rings. The SMILES string of the molecule is CCCC[SiH2]N[Si](OC)(OC)OC. The Bertz CT molecular complexity index is 114. The molecule has 0 saturated heterocycles. The maximum atomic E-state index is 5.23. The largest absolute Gasteiger partial charge is 0.588 e. The fourth-order valence-electron chi connectivity index (χ4n) is 1.08. The van der Waals surface area contributed by atoms with E-state index >= 15 is 0 Å². The molecule has 0 atom stereocenters. The van der Waals surface area contributed by atoms with Crippen LogP contribution in [0.25, 0.3) is 0 Å². The van der Waals surface area contributed by atoms with Crippen LogP contribution in [0.2, 0.25) is 6.04 Å². The van der Waals surface area contributed by atoms with Gasteiger partial charge < -0.3 is 13.3 Å². The lowest BCUT2D eigenvalue weighted by atomic mass is 10.4. The van der Waals surface area contributed by atoms with Gasteiger partial charge in [0.1, 0.15) is 0 Å². The molecule has 4 nitrogen and oxygen atoms in total. The average molecular weight is 223 g/mol. The van der Waals surface area contributed by atoms with Gasteiger partial charge in [0.15, 0.2) is 0 Å². The van der Waals surface area contributed by atoms with Gasteiger partial charge in [0.2, 0.25) is 0 Å². The second-order valence-corrected chi connectivity index (χ2v) is 7.76. The quantitative estimate of drug-likeness (QED) is 0.473. The molecule has 0 aliphatic heterocycles. The van der Waals surface area contributed by atoms with E-state index < -0.39 is 8.97 Å². The van der Waals surface area contributed by atoms with E-state index in [2.05, 4.69) is 11.6 Å². The fraction of sp³-hybridized carbons (Fsp3) is 1.00. The summed E-state index contributed by atoms with van der Waals surface area (Å²) in [5.74, 6) is 0. The van der Waals surface area contributed by atoms with E-state index in [1.807, 2.05) is 0 Å². The minimum atomic E-state index is -2.46. The summed E-state index contributed by atoms with van der Waals surface area (Å²) in [7, 11) is 2.12. The van der Waals surface area contributed by atoms with Crippen LogP contribution in [-0.2, 0) is 13.3 Å². The molecule has 0 rings (SSSR count). The standard InChI is InChI=1S/C7H21NO3Si2/c1-5-6-7-12-8-13(9-2,10-3)11-4/h8H,5-7,12H2,1-4H3. The van der Waals surface area contributed by atoms with Crippen LogP contribution in [0.15, 0.2) is 0 Å². The van der Waals surface area contributed by atoms with Crippen LogP contribution in [0, 0.1) is 0 Å². The molecule has 80 valence electrons. The van der Waals surface area contributed by atoms with Gasteiger partial charge in [0, 0.05) is 21.3 Å². The molecule has 0 unspecified atom stereocenters. The molecule has 0 aromatic rings. The lowest BCUT2D eigenvalue weighted by Crippen LogP contribution is -2.58. The van der Waals surface area contributed by atoms with Crippen LogP contribution >= 0.6 is 0 Å². The van der Waals surface area contributed by atoms with E-state index in [-0.39, 0.29) is 9.68 Å². The molecule has 0 aromatic heterocycles. The van der Waals surface area contributed by atoms with Crippen molar-refractivity contribution in [1.82, 2.24) is 4.65 Å². The average Bonchev–Trinajstić information content (AvgIpc) is 2.20. The van der Waals surface area contributed by atoms with Crippen molar-refractivity contribution in [3.63, 3.8) is 0 Å². The van der Waals surface area contributed by atoms with Crippen molar-refractivity contribution in [2.75, 3.05) is 21.3 Å². The third kappa shape index (κ3) is 4.89. The Balaban J connectivity index is 3.68. The molecular weight excluding hydrogens is 202 g/mol. The third-order valence-corrected chi connectivity index (χ3v) is 7.13. The Kier molecular flexibility index (Phi) is 7.82. The van der Waals surface area contributed by atoms with Crippen molar-refractivity contribution >= 4 is 18.6 Å². The summed E-state index contributed by atoms with van der Waals surface area (Å²) in [5.41, 5.74) is 0.